The molecular formula is C13H18O4. The van der Waals surface area contributed by atoms with Crippen LogP contribution in [0.5, 0.6) is 0 Å². The Morgan fingerprint density at radius 2 is 1.76 bits per heavy atom. The van der Waals surface area contributed by atoms with Crippen molar-refractivity contribution in [3.63, 3.8) is 0 Å². The van der Waals surface area contributed by atoms with E-state index in [1.54, 1.807) is 13.8 Å². The minimum absolute atomic E-state index is 0.0164. The first kappa shape index (κ1) is 13.5. The Labute approximate surface area is 101 Å². The number of carbonyl (C=O) groups is 2. The maximum Gasteiger partial charge on any atom is 0.337 e. The number of esters is 2. The molecule has 0 spiro atoms. The van der Waals surface area contributed by atoms with Gasteiger partial charge < -0.3 is 9.47 Å². The first-order valence-electron chi connectivity index (χ1n) is 5.75. The average Bonchev–Trinajstić information content (AvgIpc) is 2.77. The van der Waals surface area contributed by atoms with E-state index < -0.39 is 11.9 Å². The monoisotopic (exact) mass is 238 g/mol. The molecule has 0 aromatic carbocycles. The van der Waals surface area contributed by atoms with Gasteiger partial charge in [0.2, 0.25) is 0 Å². The van der Waals surface area contributed by atoms with Gasteiger partial charge in [-0.15, -0.1) is 0 Å². The van der Waals surface area contributed by atoms with Crippen molar-refractivity contribution in [1.29, 1.82) is 0 Å². The van der Waals surface area contributed by atoms with Crippen LogP contribution in [0.25, 0.3) is 0 Å². The summed E-state index contributed by atoms with van der Waals surface area (Å²) >= 11 is 0. The largest absolute Gasteiger partial charge is 0.459 e. The smallest absolute Gasteiger partial charge is 0.337 e. The molecule has 17 heavy (non-hydrogen) atoms. The van der Waals surface area contributed by atoms with Crippen molar-refractivity contribution in [3.05, 3.63) is 24.0 Å². The topological polar surface area (TPSA) is 52.6 Å². The highest BCUT2D eigenvalue weighted by Crippen LogP contribution is 2.21. The van der Waals surface area contributed by atoms with E-state index in [0.717, 1.165) is 31.9 Å². The van der Waals surface area contributed by atoms with Crippen molar-refractivity contribution in [3.8, 4) is 0 Å². The van der Waals surface area contributed by atoms with Gasteiger partial charge in [-0.2, -0.15) is 0 Å². The molecule has 0 unspecified atom stereocenters. The van der Waals surface area contributed by atoms with Crippen molar-refractivity contribution < 1.29 is 19.1 Å². The predicted molar refractivity (Wildman–Crippen MR) is 63.0 cm³/mol. The second-order valence-electron chi connectivity index (χ2n) is 4.30. The summed E-state index contributed by atoms with van der Waals surface area (Å²) in [6.07, 6.45) is 5.18. The van der Waals surface area contributed by atoms with Gasteiger partial charge in [0, 0.05) is 5.57 Å². The average molecular weight is 238 g/mol. The zero-order chi connectivity index (χ0) is 12.8. The molecule has 0 aromatic heterocycles. The van der Waals surface area contributed by atoms with Gasteiger partial charge in [0.1, 0.15) is 12.4 Å². The fourth-order valence-corrected chi connectivity index (χ4v) is 1.54. The van der Waals surface area contributed by atoms with Gasteiger partial charge in [0.05, 0.1) is 5.57 Å². The van der Waals surface area contributed by atoms with E-state index in [2.05, 4.69) is 6.58 Å². The molecule has 0 atom stereocenters. The molecule has 0 heterocycles. The minimum atomic E-state index is -0.544. The molecule has 0 radical (unpaired) electrons. The SMILES string of the molecule is C=C(C)C(=O)OC=C(C)C(=O)OC1CCCC1. The quantitative estimate of drug-likeness (QED) is 0.429. The molecule has 0 amide bonds. The summed E-state index contributed by atoms with van der Waals surface area (Å²) < 4.78 is 9.99. The third-order valence-electron chi connectivity index (χ3n) is 2.59. The Morgan fingerprint density at radius 3 is 2.29 bits per heavy atom. The third-order valence-corrected chi connectivity index (χ3v) is 2.59. The summed E-state index contributed by atoms with van der Waals surface area (Å²) in [5.41, 5.74) is 0.574. The predicted octanol–water partition coefficient (Wildman–Crippen LogP) is 2.50. The van der Waals surface area contributed by atoms with E-state index in [-0.39, 0.29) is 11.7 Å². The maximum absolute atomic E-state index is 11.6. The zero-order valence-electron chi connectivity index (χ0n) is 10.3. The summed E-state index contributed by atoms with van der Waals surface area (Å²) in [6.45, 7) is 6.54. The van der Waals surface area contributed by atoms with Crippen LogP contribution >= 0.6 is 0 Å². The molecule has 1 fully saturated rings. The Hall–Kier alpha value is -1.58. The zero-order valence-corrected chi connectivity index (χ0v) is 10.3. The molecule has 1 aliphatic rings. The summed E-state index contributed by atoms with van der Waals surface area (Å²) in [6, 6.07) is 0. The second kappa shape index (κ2) is 6.23. The van der Waals surface area contributed by atoms with E-state index in [1.165, 1.54) is 0 Å². The molecule has 4 heteroatoms. The van der Waals surface area contributed by atoms with Crippen molar-refractivity contribution in [2.24, 2.45) is 0 Å². The van der Waals surface area contributed by atoms with Crippen molar-refractivity contribution in [2.45, 2.75) is 45.6 Å². The van der Waals surface area contributed by atoms with Crippen LogP contribution in [0, 0.1) is 0 Å². The summed E-state index contributed by atoms with van der Waals surface area (Å²) in [5, 5.41) is 0. The highest BCUT2D eigenvalue weighted by Gasteiger charge is 2.20. The number of hydrogen-bond donors (Lipinski definition) is 0. The van der Waals surface area contributed by atoms with E-state index in [9.17, 15) is 9.59 Å². The molecule has 1 saturated carbocycles. The summed E-state index contributed by atoms with van der Waals surface area (Å²) in [7, 11) is 0. The first-order chi connectivity index (χ1) is 8.00. The van der Waals surface area contributed by atoms with Gasteiger partial charge in [-0.1, -0.05) is 6.58 Å². The maximum atomic E-state index is 11.6. The molecule has 1 aliphatic carbocycles. The van der Waals surface area contributed by atoms with Gasteiger partial charge in [-0.25, -0.2) is 9.59 Å². The Balaban J connectivity index is 2.42. The molecule has 0 bridgehead atoms. The number of rotatable bonds is 4. The van der Waals surface area contributed by atoms with E-state index in [0.29, 0.717) is 5.57 Å². The van der Waals surface area contributed by atoms with Gasteiger partial charge in [0.25, 0.3) is 0 Å². The van der Waals surface area contributed by atoms with Crippen LogP contribution in [0.4, 0.5) is 0 Å². The molecule has 0 N–H and O–H groups in total. The van der Waals surface area contributed by atoms with Crippen LogP contribution in [0.3, 0.4) is 0 Å². The fourth-order valence-electron chi connectivity index (χ4n) is 1.54. The van der Waals surface area contributed by atoms with Crippen LogP contribution in [0.15, 0.2) is 24.0 Å². The van der Waals surface area contributed by atoms with Crippen LogP contribution in [-0.4, -0.2) is 18.0 Å². The van der Waals surface area contributed by atoms with Crippen molar-refractivity contribution >= 4 is 11.9 Å². The lowest BCUT2D eigenvalue weighted by Crippen LogP contribution is -2.15. The number of carbonyl (C=O) groups excluding carboxylic acids is 2. The minimum Gasteiger partial charge on any atom is -0.459 e. The lowest BCUT2D eigenvalue weighted by Gasteiger charge is -2.11. The molecule has 0 aromatic rings. The molecule has 4 nitrogen and oxygen atoms in total. The molecular weight excluding hydrogens is 220 g/mol. The normalized spacial score (nSPS) is 16.7. The van der Waals surface area contributed by atoms with Crippen molar-refractivity contribution in [2.75, 3.05) is 0 Å². The molecule has 94 valence electrons. The van der Waals surface area contributed by atoms with E-state index in [1.807, 2.05) is 0 Å². The number of hydrogen-bond acceptors (Lipinski definition) is 4. The standard InChI is InChI=1S/C13H18O4/c1-9(2)12(14)16-8-10(3)13(15)17-11-6-4-5-7-11/h8,11H,1,4-7H2,2-3H3. The summed E-state index contributed by atoms with van der Waals surface area (Å²) in [4.78, 5) is 22.7. The Bertz CT molecular complexity index is 348. The molecule has 0 aliphatic heterocycles. The van der Waals surface area contributed by atoms with Gasteiger partial charge in [-0.3, -0.25) is 0 Å². The highest BCUT2D eigenvalue weighted by molar-refractivity contribution is 5.90. The molecule has 1 rings (SSSR count). The van der Waals surface area contributed by atoms with Crippen LogP contribution in [0.1, 0.15) is 39.5 Å². The van der Waals surface area contributed by atoms with Gasteiger partial charge >= 0.3 is 11.9 Å². The fraction of sp³-hybridized carbons (Fsp3) is 0.538. The van der Waals surface area contributed by atoms with Crippen LogP contribution in [0.2, 0.25) is 0 Å². The van der Waals surface area contributed by atoms with Crippen LogP contribution < -0.4 is 0 Å². The van der Waals surface area contributed by atoms with Crippen molar-refractivity contribution in [1.82, 2.24) is 0 Å². The van der Waals surface area contributed by atoms with E-state index in [4.69, 9.17) is 9.47 Å². The van der Waals surface area contributed by atoms with Gasteiger partial charge in [0.15, 0.2) is 0 Å². The van der Waals surface area contributed by atoms with Crippen LogP contribution in [-0.2, 0) is 19.1 Å². The summed E-state index contributed by atoms with van der Waals surface area (Å²) in [5.74, 6) is -0.968. The van der Waals surface area contributed by atoms with Gasteiger partial charge in [-0.05, 0) is 39.5 Å². The number of ether oxygens (including phenoxy) is 2. The lowest BCUT2D eigenvalue weighted by atomic mass is 10.3. The molecule has 0 saturated heterocycles. The third kappa shape index (κ3) is 4.43. The Kier molecular flexibility index (Phi) is 4.94. The van der Waals surface area contributed by atoms with E-state index >= 15 is 0 Å². The highest BCUT2D eigenvalue weighted by atomic mass is 16.5. The first-order valence-corrected chi connectivity index (χ1v) is 5.75. The second-order valence-corrected chi connectivity index (χ2v) is 4.30. The Morgan fingerprint density at radius 1 is 1.18 bits per heavy atom. The lowest BCUT2D eigenvalue weighted by molar-refractivity contribution is -0.144.